The standard InChI is InChI=1S/C16H16ClN5O3/c1-24-12-4-3-9(5-10(12)6-13(23)25-2)8-22-15-11(7-19-22)14(18)20-16(17)21-15/h3-5,7H,6,8H2,1-2H3,(H2,18,20,21). The predicted octanol–water partition coefficient (Wildman–Crippen LogP) is 1.83. The molecule has 0 aliphatic heterocycles. The summed E-state index contributed by atoms with van der Waals surface area (Å²) in [5, 5.41) is 4.99. The van der Waals surface area contributed by atoms with E-state index in [4.69, 9.17) is 26.8 Å². The zero-order valence-electron chi connectivity index (χ0n) is 13.7. The Labute approximate surface area is 148 Å². The van der Waals surface area contributed by atoms with Crippen molar-refractivity contribution in [3.05, 3.63) is 40.8 Å². The molecule has 0 saturated heterocycles. The number of fused-ring (bicyclic) bond motifs is 1. The molecule has 0 saturated carbocycles. The van der Waals surface area contributed by atoms with Crippen molar-refractivity contribution in [2.75, 3.05) is 20.0 Å². The third kappa shape index (κ3) is 3.48. The first-order valence-electron chi connectivity index (χ1n) is 7.39. The van der Waals surface area contributed by atoms with E-state index in [9.17, 15) is 4.79 Å². The number of nitrogens with zero attached hydrogens (tertiary/aromatic N) is 4. The minimum atomic E-state index is -0.340. The van der Waals surface area contributed by atoms with Gasteiger partial charge < -0.3 is 15.2 Å². The Hall–Kier alpha value is -2.87. The number of ether oxygens (including phenoxy) is 2. The number of anilines is 1. The molecule has 0 spiro atoms. The molecule has 25 heavy (non-hydrogen) atoms. The van der Waals surface area contributed by atoms with Gasteiger partial charge in [-0.15, -0.1) is 0 Å². The second-order valence-corrected chi connectivity index (χ2v) is 5.65. The molecule has 3 aromatic rings. The maximum atomic E-state index is 11.6. The maximum Gasteiger partial charge on any atom is 0.310 e. The first-order chi connectivity index (χ1) is 12.0. The number of rotatable bonds is 5. The first-order valence-corrected chi connectivity index (χ1v) is 7.76. The summed E-state index contributed by atoms with van der Waals surface area (Å²) in [5.74, 6) is 0.559. The van der Waals surface area contributed by atoms with Crippen molar-refractivity contribution in [3.8, 4) is 5.75 Å². The Morgan fingerprint density at radius 3 is 2.84 bits per heavy atom. The van der Waals surface area contributed by atoms with E-state index in [1.165, 1.54) is 7.11 Å². The summed E-state index contributed by atoms with van der Waals surface area (Å²) in [5.41, 5.74) is 8.03. The lowest BCUT2D eigenvalue weighted by Gasteiger charge is -2.11. The van der Waals surface area contributed by atoms with Crippen LogP contribution in [-0.2, 0) is 22.5 Å². The summed E-state index contributed by atoms with van der Waals surface area (Å²) in [6.07, 6.45) is 1.72. The molecule has 8 nitrogen and oxygen atoms in total. The fraction of sp³-hybridized carbons (Fsp3) is 0.250. The molecule has 0 aliphatic rings. The van der Waals surface area contributed by atoms with Crippen LogP contribution in [0.25, 0.3) is 11.0 Å². The van der Waals surface area contributed by atoms with Crippen molar-refractivity contribution < 1.29 is 14.3 Å². The number of nitrogen functional groups attached to an aromatic ring is 1. The zero-order chi connectivity index (χ0) is 18.0. The summed E-state index contributed by atoms with van der Waals surface area (Å²) in [7, 11) is 2.90. The Bertz CT molecular complexity index is 941. The summed E-state index contributed by atoms with van der Waals surface area (Å²) in [6, 6.07) is 5.56. The average molecular weight is 362 g/mol. The number of esters is 1. The normalized spacial score (nSPS) is 10.8. The van der Waals surface area contributed by atoms with Crippen molar-refractivity contribution in [2.45, 2.75) is 13.0 Å². The highest BCUT2D eigenvalue weighted by Gasteiger charge is 2.13. The third-order valence-electron chi connectivity index (χ3n) is 3.74. The van der Waals surface area contributed by atoms with E-state index in [0.29, 0.717) is 23.3 Å². The van der Waals surface area contributed by atoms with Crippen LogP contribution in [0.4, 0.5) is 5.82 Å². The van der Waals surface area contributed by atoms with Crippen molar-refractivity contribution in [1.29, 1.82) is 0 Å². The number of hydrogen-bond donors (Lipinski definition) is 1. The lowest BCUT2D eigenvalue weighted by Crippen LogP contribution is -2.08. The number of carbonyl (C=O) groups excluding carboxylic acids is 1. The summed E-state index contributed by atoms with van der Waals surface area (Å²) < 4.78 is 11.7. The number of hydrogen-bond acceptors (Lipinski definition) is 7. The number of benzene rings is 1. The van der Waals surface area contributed by atoms with Crippen LogP contribution in [0, 0.1) is 0 Å². The molecule has 2 heterocycles. The van der Waals surface area contributed by atoms with E-state index in [1.807, 2.05) is 12.1 Å². The molecule has 0 bridgehead atoms. The van der Waals surface area contributed by atoms with Crippen LogP contribution < -0.4 is 10.5 Å². The molecule has 2 aromatic heterocycles. The van der Waals surface area contributed by atoms with Gasteiger partial charge in [-0.1, -0.05) is 6.07 Å². The van der Waals surface area contributed by atoms with Crippen LogP contribution in [-0.4, -0.2) is 39.9 Å². The second-order valence-electron chi connectivity index (χ2n) is 5.32. The van der Waals surface area contributed by atoms with E-state index >= 15 is 0 Å². The second kappa shape index (κ2) is 6.94. The van der Waals surface area contributed by atoms with Gasteiger partial charge >= 0.3 is 5.97 Å². The Kier molecular flexibility index (Phi) is 4.71. The summed E-state index contributed by atoms with van der Waals surface area (Å²) >= 11 is 5.88. The van der Waals surface area contributed by atoms with Gasteiger partial charge in [0.2, 0.25) is 5.28 Å². The SMILES string of the molecule is COC(=O)Cc1cc(Cn2ncc3c(N)nc(Cl)nc32)ccc1OC. The van der Waals surface area contributed by atoms with Crippen molar-refractivity contribution >= 4 is 34.4 Å². The Morgan fingerprint density at radius 1 is 1.32 bits per heavy atom. The quantitative estimate of drug-likeness (QED) is 0.546. The van der Waals surface area contributed by atoms with Crippen LogP contribution in [0.3, 0.4) is 0 Å². The van der Waals surface area contributed by atoms with Gasteiger partial charge in [-0.2, -0.15) is 10.1 Å². The summed E-state index contributed by atoms with van der Waals surface area (Å²) in [4.78, 5) is 19.7. The van der Waals surface area contributed by atoms with Crippen LogP contribution in [0.15, 0.2) is 24.4 Å². The van der Waals surface area contributed by atoms with Crippen molar-refractivity contribution in [2.24, 2.45) is 0 Å². The van der Waals surface area contributed by atoms with E-state index in [2.05, 4.69) is 15.1 Å². The van der Waals surface area contributed by atoms with Gasteiger partial charge in [-0.25, -0.2) is 9.67 Å². The smallest absolute Gasteiger partial charge is 0.310 e. The number of carbonyl (C=O) groups is 1. The van der Waals surface area contributed by atoms with Gasteiger partial charge in [0.25, 0.3) is 0 Å². The minimum absolute atomic E-state index is 0.0628. The molecule has 0 amide bonds. The molecule has 0 aliphatic carbocycles. The van der Waals surface area contributed by atoms with E-state index in [-0.39, 0.29) is 23.5 Å². The number of halogens is 1. The Balaban J connectivity index is 1.95. The third-order valence-corrected chi connectivity index (χ3v) is 3.91. The topological polar surface area (TPSA) is 105 Å². The molecule has 9 heteroatoms. The van der Waals surface area contributed by atoms with Gasteiger partial charge in [0.05, 0.1) is 38.8 Å². The highest BCUT2D eigenvalue weighted by Crippen LogP contribution is 2.23. The monoisotopic (exact) mass is 361 g/mol. The van der Waals surface area contributed by atoms with Crippen LogP contribution in [0.2, 0.25) is 5.28 Å². The van der Waals surface area contributed by atoms with Gasteiger partial charge in [-0.3, -0.25) is 4.79 Å². The molecule has 0 unspecified atom stereocenters. The maximum absolute atomic E-state index is 11.6. The molecular weight excluding hydrogens is 346 g/mol. The van der Waals surface area contributed by atoms with Crippen LogP contribution in [0.5, 0.6) is 5.75 Å². The van der Waals surface area contributed by atoms with Gasteiger partial charge in [0.1, 0.15) is 11.6 Å². The molecule has 130 valence electrons. The molecular formula is C16H16ClN5O3. The molecule has 0 fully saturated rings. The number of methoxy groups -OCH3 is 2. The molecule has 0 atom stereocenters. The van der Waals surface area contributed by atoms with E-state index < -0.39 is 0 Å². The first kappa shape index (κ1) is 17.0. The van der Waals surface area contributed by atoms with E-state index in [1.54, 1.807) is 24.1 Å². The molecule has 0 radical (unpaired) electrons. The average Bonchev–Trinajstić information content (AvgIpc) is 2.98. The van der Waals surface area contributed by atoms with Crippen molar-refractivity contribution in [1.82, 2.24) is 19.7 Å². The lowest BCUT2D eigenvalue weighted by molar-refractivity contribution is -0.139. The predicted molar refractivity (Wildman–Crippen MR) is 92.6 cm³/mol. The number of aromatic nitrogens is 4. The number of nitrogens with two attached hydrogens (primary N) is 1. The van der Waals surface area contributed by atoms with Gasteiger partial charge in [0.15, 0.2) is 5.65 Å². The Morgan fingerprint density at radius 2 is 2.12 bits per heavy atom. The van der Waals surface area contributed by atoms with Crippen LogP contribution >= 0.6 is 11.6 Å². The van der Waals surface area contributed by atoms with Crippen molar-refractivity contribution in [3.63, 3.8) is 0 Å². The highest BCUT2D eigenvalue weighted by atomic mass is 35.5. The minimum Gasteiger partial charge on any atom is -0.496 e. The highest BCUT2D eigenvalue weighted by molar-refractivity contribution is 6.28. The largest absolute Gasteiger partial charge is 0.496 e. The molecule has 1 aromatic carbocycles. The molecule has 3 rings (SSSR count). The molecule has 2 N–H and O–H groups in total. The van der Waals surface area contributed by atoms with Gasteiger partial charge in [-0.05, 0) is 29.3 Å². The fourth-order valence-electron chi connectivity index (χ4n) is 2.53. The van der Waals surface area contributed by atoms with E-state index in [0.717, 1.165) is 11.1 Å². The van der Waals surface area contributed by atoms with Gasteiger partial charge in [0, 0.05) is 5.56 Å². The summed E-state index contributed by atoms with van der Waals surface area (Å²) in [6.45, 7) is 0.425. The zero-order valence-corrected chi connectivity index (χ0v) is 14.4. The fourth-order valence-corrected chi connectivity index (χ4v) is 2.71. The lowest BCUT2D eigenvalue weighted by atomic mass is 10.1. The van der Waals surface area contributed by atoms with Crippen LogP contribution in [0.1, 0.15) is 11.1 Å².